The molecule has 8 heteroatoms. The van der Waals surface area contributed by atoms with E-state index in [1.807, 2.05) is 0 Å². The normalized spacial score (nSPS) is 8.27. The fourth-order valence-corrected chi connectivity index (χ4v) is 0.483. The maximum Gasteiger partial charge on any atom is 1.00 e. The van der Waals surface area contributed by atoms with Crippen molar-refractivity contribution in [3.05, 3.63) is 12.7 Å². The second-order valence-electron chi connectivity index (χ2n) is 1.10. The Labute approximate surface area is 103 Å². The summed E-state index contributed by atoms with van der Waals surface area (Å²) in [6.45, 7) is 2.91. The van der Waals surface area contributed by atoms with Gasteiger partial charge in [-0.1, -0.05) is 6.08 Å². The Morgan fingerprint density at radius 3 is 1.64 bits per heavy atom. The molecule has 0 aliphatic carbocycles. The van der Waals surface area contributed by atoms with E-state index >= 15 is 0 Å². The molecule has 48 valence electrons. The molecule has 0 aromatic carbocycles. The molecule has 4 nitrogen and oxygen atoms in total. The van der Waals surface area contributed by atoms with Crippen LogP contribution in [0.1, 0.15) is 0 Å². The molecule has 0 aromatic rings. The fourth-order valence-electron chi connectivity index (χ4n) is 0.161. The van der Waals surface area contributed by atoms with Crippen molar-refractivity contribution in [2.24, 2.45) is 0 Å². The summed E-state index contributed by atoms with van der Waals surface area (Å²) in [5.74, 6) is 0. The SMILES string of the molecule is C=CCO[Si]([O-])([O-])[O-].[Li+].[Li+].[Li+]. The van der Waals surface area contributed by atoms with Crippen molar-refractivity contribution in [3.63, 3.8) is 0 Å². The number of hydrogen-bond donors (Lipinski definition) is 0. The van der Waals surface area contributed by atoms with Gasteiger partial charge in [0.15, 0.2) is 0 Å². The van der Waals surface area contributed by atoms with Gasteiger partial charge >= 0.3 is 56.6 Å². The molecule has 11 heavy (non-hydrogen) atoms. The summed E-state index contributed by atoms with van der Waals surface area (Å²) < 4.78 is 3.73. The molecule has 0 heterocycles. The summed E-state index contributed by atoms with van der Waals surface area (Å²) in [4.78, 5) is 28.9. The quantitative estimate of drug-likeness (QED) is 0.298. The molecule has 0 atom stereocenters. The zero-order valence-electron chi connectivity index (χ0n) is 7.12. The molecule has 0 aromatic heterocycles. The topological polar surface area (TPSA) is 78.4 Å². The van der Waals surface area contributed by atoms with Crippen LogP contribution in [-0.2, 0) is 4.43 Å². The zero-order valence-corrected chi connectivity index (χ0v) is 8.12. The minimum Gasteiger partial charge on any atom is -0.861 e. The maximum atomic E-state index is 9.62. The van der Waals surface area contributed by atoms with Crippen LogP contribution in [-0.4, -0.2) is 15.7 Å². The molecule has 0 fully saturated rings. The Morgan fingerprint density at radius 2 is 1.55 bits per heavy atom. The van der Waals surface area contributed by atoms with Gasteiger partial charge in [-0.3, -0.25) is 0 Å². The molecule has 0 radical (unpaired) electrons. The molecule has 0 spiro atoms. The predicted molar refractivity (Wildman–Crippen MR) is 21.9 cm³/mol. The summed E-state index contributed by atoms with van der Waals surface area (Å²) in [5, 5.41) is 0. The maximum absolute atomic E-state index is 9.62. The van der Waals surface area contributed by atoms with Crippen LogP contribution in [0.3, 0.4) is 0 Å². The van der Waals surface area contributed by atoms with Crippen LogP contribution in [0.4, 0.5) is 0 Å². The van der Waals surface area contributed by atoms with Crippen LogP contribution in [0.5, 0.6) is 0 Å². The molecule has 0 saturated heterocycles. The zero-order chi connectivity index (χ0) is 6.62. The molecular weight excluding hydrogens is 149 g/mol. The third-order valence-electron chi connectivity index (χ3n) is 0.378. The van der Waals surface area contributed by atoms with Crippen LogP contribution in [0.2, 0.25) is 0 Å². The smallest absolute Gasteiger partial charge is 0.861 e. The first-order chi connectivity index (χ1) is 3.56. The predicted octanol–water partition coefficient (Wildman–Crippen LogP) is -12.3. The van der Waals surface area contributed by atoms with E-state index in [0.717, 1.165) is 0 Å². The molecular formula is C3H5Li3O4Si. The van der Waals surface area contributed by atoms with Crippen LogP contribution >= 0.6 is 0 Å². The molecule has 0 rings (SSSR count). The third-order valence-corrected chi connectivity index (χ3v) is 0.898. The average molecular weight is 154 g/mol. The fraction of sp³-hybridized carbons (Fsp3) is 0.333. The van der Waals surface area contributed by atoms with Crippen LogP contribution in [0.25, 0.3) is 0 Å². The molecule has 0 aliphatic heterocycles. The average Bonchev–Trinajstić information content (AvgIpc) is 1.59. The first kappa shape index (κ1) is 22.9. The van der Waals surface area contributed by atoms with E-state index in [2.05, 4.69) is 11.0 Å². The number of rotatable bonds is 3. The van der Waals surface area contributed by atoms with Gasteiger partial charge < -0.3 is 18.8 Å². The van der Waals surface area contributed by atoms with Crippen LogP contribution < -0.4 is 71.0 Å². The van der Waals surface area contributed by atoms with E-state index < -0.39 is 9.05 Å². The van der Waals surface area contributed by atoms with Gasteiger partial charge in [-0.25, -0.2) is 0 Å². The van der Waals surface area contributed by atoms with E-state index in [-0.39, 0.29) is 63.2 Å². The molecule has 0 saturated carbocycles. The minimum absolute atomic E-state index is 0. The third kappa shape index (κ3) is 24.5. The van der Waals surface area contributed by atoms with E-state index in [1.54, 1.807) is 0 Å². The van der Waals surface area contributed by atoms with Crippen molar-refractivity contribution in [3.8, 4) is 0 Å². The van der Waals surface area contributed by atoms with Crippen LogP contribution in [0, 0.1) is 0 Å². The Kier molecular flexibility index (Phi) is 24.1. The van der Waals surface area contributed by atoms with Crippen LogP contribution in [0.15, 0.2) is 12.7 Å². The summed E-state index contributed by atoms with van der Waals surface area (Å²) in [6.07, 6.45) is 1.19. The molecule has 0 N–H and O–H groups in total. The molecule has 0 amide bonds. The summed E-state index contributed by atoms with van der Waals surface area (Å²) in [7, 11) is -5.00. The van der Waals surface area contributed by atoms with Gasteiger partial charge in [0.25, 0.3) is 0 Å². The van der Waals surface area contributed by atoms with Crippen molar-refractivity contribution in [1.29, 1.82) is 0 Å². The second kappa shape index (κ2) is 11.6. The van der Waals surface area contributed by atoms with Gasteiger partial charge in [0.2, 0.25) is 0 Å². The van der Waals surface area contributed by atoms with E-state index in [1.165, 1.54) is 6.08 Å². The van der Waals surface area contributed by atoms with Gasteiger partial charge in [0, 0.05) is 6.61 Å². The summed E-state index contributed by atoms with van der Waals surface area (Å²) >= 11 is 0. The van der Waals surface area contributed by atoms with E-state index in [4.69, 9.17) is 0 Å². The van der Waals surface area contributed by atoms with Crippen molar-refractivity contribution in [1.82, 2.24) is 0 Å². The van der Waals surface area contributed by atoms with Gasteiger partial charge in [-0.2, -0.15) is 0 Å². The standard InChI is InChI=1S/C3H5O4Si.3Li/c1-2-3-7-8(4,5)6;;;/h2H,1,3H2;;;/q-3;3*+1. The Morgan fingerprint density at radius 1 is 1.18 bits per heavy atom. The van der Waals surface area contributed by atoms with Crippen molar-refractivity contribution in [2.75, 3.05) is 6.61 Å². The van der Waals surface area contributed by atoms with E-state index in [9.17, 15) is 14.4 Å². The summed E-state index contributed by atoms with van der Waals surface area (Å²) in [6, 6.07) is 0. The van der Waals surface area contributed by atoms with Gasteiger partial charge in [0.1, 0.15) is 0 Å². The molecule has 0 aliphatic rings. The van der Waals surface area contributed by atoms with Crippen molar-refractivity contribution in [2.45, 2.75) is 0 Å². The summed E-state index contributed by atoms with van der Waals surface area (Å²) in [5.41, 5.74) is 0. The Bertz CT molecular complexity index is 85.1. The largest absolute Gasteiger partial charge is 1.00 e. The molecule has 0 unspecified atom stereocenters. The Hall–Kier alpha value is 1.59. The van der Waals surface area contributed by atoms with Gasteiger partial charge in [-0.05, 0) is 0 Å². The first-order valence-electron chi connectivity index (χ1n) is 1.92. The van der Waals surface area contributed by atoms with Crippen molar-refractivity contribution < 1.29 is 75.4 Å². The molecule has 0 bridgehead atoms. The van der Waals surface area contributed by atoms with Crippen molar-refractivity contribution >= 4 is 9.05 Å². The first-order valence-corrected chi connectivity index (χ1v) is 3.55. The monoisotopic (exact) mass is 154 g/mol. The minimum atomic E-state index is -5.00. The van der Waals surface area contributed by atoms with Gasteiger partial charge in [0.05, 0.1) is 0 Å². The second-order valence-corrected chi connectivity index (χ2v) is 2.39. The van der Waals surface area contributed by atoms with Gasteiger partial charge in [-0.15, -0.1) is 15.6 Å². The Balaban J connectivity index is -0.0000000817. The van der Waals surface area contributed by atoms with E-state index in [0.29, 0.717) is 0 Å². The number of hydrogen-bond acceptors (Lipinski definition) is 4.